The van der Waals surface area contributed by atoms with Crippen molar-refractivity contribution in [2.24, 2.45) is 5.73 Å². The average molecular weight is 255 g/mol. The van der Waals surface area contributed by atoms with Crippen LogP contribution in [0.2, 0.25) is 5.02 Å². The predicted octanol–water partition coefficient (Wildman–Crippen LogP) is 2.95. The number of methoxy groups -OCH3 is 1. The van der Waals surface area contributed by atoms with E-state index in [4.69, 9.17) is 22.1 Å². The monoisotopic (exact) mass is 254 g/mol. The summed E-state index contributed by atoms with van der Waals surface area (Å²) in [7, 11) is 1.67. The van der Waals surface area contributed by atoms with Gasteiger partial charge in [0.2, 0.25) is 0 Å². The lowest BCUT2D eigenvalue weighted by Gasteiger charge is -2.21. The number of nitrogens with one attached hydrogen (secondary N) is 1. The summed E-state index contributed by atoms with van der Waals surface area (Å²) in [6.07, 6.45) is 3.37. The SMILES string of the molecule is COc1cc(C)c(Cl)cc1NC1CCCC1N. The Hall–Kier alpha value is -0.930. The Morgan fingerprint density at radius 2 is 2.18 bits per heavy atom. The molecule has 94 valence electrons. The number of rotatable bonds is 3. The largest absolute Gasteiger partial charge is 0.495 e. The van der Waals surface area contributed by atoms with Crippen LogP contribution in [0.1, 0.15) is 24.8 Å². The van der Waals surface area contributed by atoms with Gasteiger partial charge in [0.05, 0.1) is 12.8 Å². The molecule has 1 aliphatic rings. The summed E-state index contributed by atoms with van der Waals surface area (Å²) in [4.78, 5) is 0. The van der Waals surface area contributed by atoms with Gasteiger partial charge in [-0.2, -0.15) is 0 Å². The molecule has 3 N–H and O–H groups in total. The number of anilines is 1. The smallest absolute Gasteiger partial charge is 0.142 e. The fourth-order valence-electron chi connectivity index (χ4n) is 2.30. The predicted molar refractivity (Wildman–Crippen MR) is 72.0 cm³/mol. The van der Waals surface area contributed by atoms with Gasteiger partial charge in [-0.3, -0.25) is 0 Å². The second kappa shape index (κ2) is 5.15. The Morgan fingerprint density at radius 3 is 2.76 bits per heavy atom. The van der Waals surface area contributed by atoms with Crippen molar-refractivity contribution in [2.75, 3.05) is 12.4 Å². The third-order valence-corrected chi connectivity index (χ3v) is 3.80. The minimum absolute atomic E-state index is 0.222. The van der Waals surface area contributed by atoms with Crippen molar-refractivity contribution in [1.82, 2.24) is 0 Å². The molecule has 1 saturated carbocycles. The second-order valence-electron chi connectivity index (χ2n) is 4.65. The van der Waals surface area contributed by atoms with Crippen LogP contribution in [0, 0.1) is 6.92 Å². The molecule has 2 unspecified atom stereocenters. The van der Waals surface area contributed by atoms with E-state index >= 15 is 0 Å². The van der Waals surface area contributed by atoms with E-state index in [-0.39, 0.29) is 6.04 Å². The molecule has 2 atom stereocenters. The molecule has 0 aromatic heterocycles. The standard InChI is InChI=1S/C13H19ClN2O/c1-8-6-13(17-2)12(7-9(8)14)16-11-5-3-4-10(11)15/h6-7,10-11,16H,3-5,15H2,1-2H3. The van der Waals surface area contributed by atoms with Gasteiger partial charge in [-0.1, -0.05) is 11.6 Å². The molecule has 1 aromatic rings. The van der Waals surface area contributed by atoms with Crippen molar-refractivity contribution in [2.45, 2.75) is 38.3 Å². The number of aryl methyl sites for hydroxylation is 1. The third kappa shape index (κ3) is 2.67. The van der Waals surface area contributed by atoms with Crippen molar-refractivity contribution < 1.29 is 4.74 Å². The van der Waals surface area contributed by atoms with Crippen molar-refractivity contribution in [3.8, 4) is 5.75 Å². The van der Waals surface area contributed by atoms with Gasteiger partial charge in [-0.05, 0) is 43.9 Å². The summed E-state index contributed by atoms with van der Waals surface area (Å²) >= 11 is 6.14. The maximum Gasteiger partial charge on any atom is 0.142 e. The van der Waals surface area contributed by atoms with Gasteiger partial charge in [0.25, 0.3) is 0 Å². The van der Waals surface area contributed by atoms with Crippen molar-refractivity contribution >= 4 is 17.3 Å². The summed E-state index contributed by atoms with van der Waals surface area (Å²) in [5, 5.41) is 4.19. The van der Waals surface area contributed by atoms with Crippen molar-refractivity contribution in [3.05, 3.63) is 22.7 Å². The number of halogens is 1. The highest BCUT2D eigenvalue weighted by molar-refractivity contribution is 6.31. The minimum Gasteiger partial charge on any atom is -0.495 e. The maximum absolute atomic E-state index is 6.14. The lowest BCUT2D eigenvalue weighted by molar-refractivity contribution is 0.415. The number of nitrogens with two attached hydrogens (primary N) is 1. The molecule has 1 aromatic carbocycles. The first-order valence-corrected chi connectivity index (χ1v) is 6.36. The summed E-state index contributed by atoms with van der Waals surface area (Å²) in [5.74, 6) is 0.825. The molecule has 0 saturated heterocycles. The van der Waals surface area contributed by atoms with Crippen LogP contribution >= 0.6 is 11.6 Å². The van der Waals surface area contributed by atoms with E-state index in [1.807, 2.05) is 19.1 Å². The summed E-state index contributed by atoms with van der Waals surface area (Å²) in [6, 6.07) is 4.41. The van der Waals surface area contributed by atoms with E-state index in [0.717, 1.165) is 34.9 Å². The summed E-state index contributed by atoms with van der Waals surface area (Å²) in [5.41, 5.74) is 8.00. The molecule has 17 heavy (non-hydrogen) atoms. The second-order valence-corrected chi connectivity index (χ2v) is 5.05. The van der Waals surface area contributed by atoms with Crippen molar-refractivity contribution in [3.63, 3.8) is 0 Å². The van der Waals surface area contributed by atoms with Crippen LogP contribution in [0.4, 0.5) is 5.69 Å². The Labute approximate surface area is 107 Å². The zero-order valence-electron chi connectivity index (χ0n) is 10.3. The zero-order chi connectivity index (χ0) is 12.4. The lowest BCUT2D eigenvalue weighted by atomic mass is 10.1. The minimum atomic E-state index is 0.222. The highest BCUT2D eigenvalue weighted by atomic mass is 35.5. The van der Waals surface area contributed by atoms with E-state index in [2.05, 4.69) is 5.32 Å². The number of ether oxygens (including phenoxy) is 1. The zero-order valence-corrected chi connectivity index (χ0v) is 11.1. The van der Waals surface area contributed by atoms with Crippen LogP contribution in [0.15, 0.2) is 12.1 Å². The van der Waals surface area contributed by atoms with Crippen LogP contribution in [0.3, 0.4) is 0 Å². The molecule has 2 rings (SSSR count). The first-order chi connectivity index (χ1) is 8.11. The van der Waals surface area contributed by atoms with Gasteiger partial charge < -0.3 is 15.8 Å². The molecular formula is C13H19ClN2O. The van der Waals surface area contributed by atoms with Crippen LogP contribution in [-0.2, 0) is 0 Å². The molecule has 0 spiro atoms. The average Bonchev–Trinajstić information content (AvgIpc) is 2.69. The van der Waals surface area contributed by atoms with Crippen LogP contribution in [0.25, 0.3) is 0 Å². The number of benzene rings is 1. The van der Waals surface area contributed by atoms with Crippen molar-refractivity contribution in [1.29, 1.82) is 0 Å². The molecular weight excluding hydrogens is 236 g/mol. The van der Waals surface area contributed by atoms with Crippen LogP contribution < -0.4 is 15.8 Å². The van der Waals surface area contributed by atoms with E-state index < -0.39 is 0 Å². The molecule has 0 radical (unpaired) electrons. The van der Waals surface area contributed by atoms with Gasteiger partial charge in [0, 0.05) is 17.1 Å². The van der Waals surface area contributed by atoms with Crippen LogP contribution in [0.5, 0.6) is 5.75 Å². The highest BCUT2D eigenvalue weighted by Crippen LogP contribution is 2.33. The van der Waals surface area contributed by atoms with Gasteiger partial charge in [-0.25, -0.2) is 0 Å². The van der Waals surface area contributed by atoms with Gasteiger partial charge >= 0.3 is 0 Å². The van der Waals surface area contributed by atoms with Gasteiger partial charge in [0.15, 0.2) is 0 Å². The fourth-order valence-corrected chi connectivity index (χ4v) is 2.47. The quantitative estimate of drug-likeness (QED) is 0.872. The molecule has 0 aliphatic heterocycles. The number of hydrogen-bond donors (Lipinski definition) is 2. The Morgan fingerprint density at radius 1 is 1.41 bits per heavy atom. The Balaban J connectivity index is 2.22. The maximum atomic E-state index is 6.14. The Kier molecular flexibility index (Phi) is 3.79. The Bertz CT molecular complexity index is 409. The summed E-state index contributed by atoms with van der Waals surface area (Å²) < 4.78 is 5.36. The molecule has 0 heterocycles. The molecule has 3 nitrogen and oxygen atoms in total. The van der Waals surface area contributed by atoms with Gasteiger partial charge in [0.1, 0.15) is 5.75 Å². The molecule has 0 amide bonds. The number of hydrogen-bond acceptors (Lipinski definition) is 3. The highest BCUT2D eigenvalue weighted by Gasteiger charge is 2.24. The molecule has 0 bridgehead atoms. The van der Waals surface area contributed by atoms with Gasteiger partial charge in [-0.15, -0.1) is 0 Å². The summed E-state index contributed by atoms with van der Waals surface area (Å²) in [6.45, 7) is 1.97. The van der Waals surface area contributed by atoms with E-state index in [1.165, 1.54) is 6.42 Å². The van der Waals surface area contributed by atoms with Crippen LogP contribution in [-0.4, -0.2) is 19.2 Å². The molecule has 1 aliphatic carbocycles. The normalized spacial score (nSPS) is 23.8. The topological polar surface area (TPSA) is 47.3 Å². The fraction of sp³-hybridized carbons (Fsp3) is 0.538. The first-order valence-electron chi connectivity index (χ1n) is 5.98. The molecule has 4 heteroatoms. The first kappa shape index (κ1) is 12.5. The van der Waals surface area contributed by atoms with E-state index in [1.54, 1.807) is 7.11 Å². The lowest BCUT2D eigenvalue weighted by Crippen LogP contribution is -2.35. The third-order valence-electron chi connectivity index (χ3n) is 3.39. The van der Waals surface area contributed by atoms with E-state index in [0.29, 0.717) is 6.04 Å². The molecule has 1 fully saturated rings. The van der Waals surface area contributed by atoms with E-state index in [9.17, 15) is 0 Å².